The van der Waals surface area contributed by atoms with Gasteiger partial charge in [0.2, 0.25) is 0 Å². The molecule has 24 heavy (non-hydrogen) atoms. The van der Waals surface area contributed by atoms with Crippen molar-refractivity contribution in [2.75, 3.05) is 19.7 Å². The van der Waals surface area contributed by atoms with Gasteiger partial charge in [-0.05, 0) is 49.7 Å². The number of hydrogen-bond acceptors (Lipinski definition) is 5. The van der Waals surface area contributed by atoms with Crippen LogP contribution in [0.25, 0.3) is 0 Å². The fourth-order valence-electron chi connectivity index (χ4n) is 3.11. The quantitative estimate of drug-likeness (QED) is 0.837. The first-order valence-electron chi connectivity index (χ1n) is 8.27. The zero-order chi connectivity index (χ0) is 16.8. The molecular weight excluding hydrogens is 304 g/mol. The van der Waals surface area contributed by atoms with Crippen LogP contribution in [0.1, 0.15) is 18.4 Å². The van der Waals surface area contributed by atoms with Crippen LogP contribution in [0.3, 0.4) is 0 Å². The molecule has 3 rings (SSSR count). The van der Waals surface area contributed by atoms with E-state index in [-0.39, 0.29) is 6.61 Å². The van der Waals surface area contributed by atoms with Crippen molar-refractivity contribution in [3.63, 3.8) is 0 Å². The number of likely N-dealkylation sites (tertiary alicyclic amines) is 1. The average molecular weight is 326 g/mol. The predicted molar refractivity (Wildman–Crippen MR) is 89.5 cm³/mol. The molecule has 1 aliphatic rings. The van der Waals surface area contributed by atoms with E-state index in [1.165, 1.54) is 0 Å². The van der Waals surface area contributed by atoms with Crippen LogP contribution in [-0.4, -0.2) is 51.6 Å². The number of ether oxygens (including phenoxy) is 1. The number of aliphatic hydroxyl groups excluding tert-OH is 1. The topological polar surface area (TPSA) is 74.3 Å². The Balaban J connectivity index is 1.46. The summed E-state index contributed by atoms with van der Waals surface area (Å²) < 4.78 is 7.56. The zero-order valence-electron chi connectivity index (χ0n) is 13.6. The van der Waals surface area contributed by atoms with E-state index in [0.717, 1.165) is 25.9 Å². The van der Waals surface area contributed by atoms with E-state index in [0.29, 0.717) is 23.9 Å². The van der Waals surface area contributed by atoms with Gasteiger partial charge in [0.25, 0.3) is 0 Å². The number of β-amino-alcohol motifs (C(OH)–C–C–N with tert-alkyl or cyclic N) is 1. The van der Waals surface area contributed by atoms with Crippen molar-refractivity contribution in [1.82, 2.24) is 14.7 Å². The molecule has 0 bridgehead atoms. The lowest BCUT2D eigenvalue weighted by Gasteiger charge is -2.26. The molecule has 1 N–H and O–H groups in total. The molecule has 6 nitrogen and oxygen atoms in total. The minimum absolute atomic E-state index is 0.247. The lowest BCUT2D eigenvalue weighted by molar-refractivity contribution is 0.0609. The summed E-state index contributed by atoms with van der Waals surface area (Å²) in [5.74, 6) is 0.669. The molecule has 0 saturated carbocycles. The maximum Gasteiger partial charge on any atom is 0.119 e. The van der Waals surface area contributed by atoms with Crippen molar-refractivity contribution in [1.29, 1.82) is 5.26 Å². The fraction of sp³-hybridized carbons (Fsp3) is 0.444. The number of nitriles is 1. The van der Waals surface area contributed by atoms with Crippen molar-refractivity contribution in [3.8, 4) is 11.8 Å². The Labute approximate surface area is 141 Å². The molecule has 6 heteroatoms. The highest BCUT2D eigenvalue weighted by Gasteiger charge is 2.26. The molecule has 2 atom stereocenters. The van der Waals surface area contributed by atoms with Crippen molar-refractivity contribution < 1.29 is 9.84 Å². The second-order valence-corrected chi connectivity index (χ2v) is 6.12. The third-order valence-electron chi connectivity index (χ3n) is 4.33. The molecular formula is C18H22N4O2. The van der Waals surface area contributed by atoms with E-state index in [1.807, 2.05) is 16.9 Å². The van der Waals surface area contributed by atoms with Crippen LogP contribution in [0, 0.1) is 11.3 Å². The average Bonchev–Trinajstić information content (AvgIpc) is 3.26. The number of hydrogen-bond donors (Lipinski definition) is 1. The maximum absolute atomic E-state index is 10.3. The Kier molecular flexibility index (Phi) is 5.47. The summed E-state index contributed by atoms with van der Waals surface area (Å²) in [5.41, 5.74) is 0.599. The molecule has 1 aliphatic heterocycles. The summed E-state index contributed by atoms with van der Waals surface area (Å²) in [5, 5.41) is 23.3. The van der Waals surface area contributed by atoms with E-state index in [2.05, 4.69) is 16.1 Å². The van der Waals surface area contributed by atoms with Gasteiger partial charge in [-0.15, -0.1) is 0 Å². The lowest BCUT2D eigenvalue weighted by Crippen LogP contribution is -2.40. The maximum atomic E-state index is 10.3. The van der Waals surface area contributed by atoms with Gasteiger partial charge in [-0.2, -0.15) is 10.4 Å². The summed E-state index contributed by atoms with van der Waals surface area (Å²) in [6.45, 7) is 2.70. The van der Waals surface area contributed by atoms with Crippen LogP contribution in [0.5, 0.6) is 5.75 Å². The van der Waals surface area contributed by atoms with Gasteiger partial charge in [0.05, 0.1) is 18.2 Å². The Morgan fingerprint density at radius 3 is 2.92 bits per heavy atom. The SMILES string of the molecule is N#Cc1ccc(OCC(O)CN2CCCC2Cn2cccn2)cc1. The van der Waals surface area contributed by atoms with Gasteiger partial charge >= 0.3 is 0 Å². The van der Waals surface area contributed by atoms with Crippen molar-refractivity contribution >= 4 is 0 Å². The molecule has 1 aromatic heterocycles. The van der Waals surface area contributed by atoms with Crippen LogP contribution in [-0.2, 0) is 6.54 Å². The molecule has 0 amide bonds. The van der Waals surface area contributed by atoms with Gasteiger partial charge in [-0.1, -0.05) is 0 Å². The first-order chi connectivity index (χ1) is 11.7. The van der Waals surface area contributed by atoms with E-state index in [9.17, 15) is 5.11 Å². The van der Waals surface area contributed by atoms with E-state index in [1.54, 1.807) is 30.5 Å². The summed E-state index contributed by atoms with van der Waals surface area (Å²) >= 11 is 0. The molecule has 126 valence electrons. The van der Waals surface area contributed by atoms with Gasteiger partial charge in [-0.3, -0.25) is 9.58 Å². The van der Waals surface area contributed by atoms with Crippen LogP contribution in [0.2, 0.25) is 0 Å². The monoisotopic (exact) mass is 326 g/mol. The smallest absolute Gasteiger partial charge is 0.119 e. The second-order valence-electron chi connectivity index (χ2n) is 6.12. The van der Waals surface area contributed by atoms with Gasteiger partial charge in [0.15, 0.2) is 0 Å². The van der Waals surface area contributed by atoms with Crippen molar-refractivity contribution in [2.45, 2.75) is 31.5 Å². The third-order valence-corrected chi connectivity index (χ3v) is 4.33. The normalized spacial score (nSPS) is 19.1. The largest absolute Gasteiger partial charge is 0.491 e. The minimum Gasteiger partial charge on any atom is -0.491 e. The predicted octanol–water partition coefficient (Wildman–Crippen LogP) is 1.66. The number of benzene rings is 1. The summed E-state index contributed by atoms with van der Waals surface area (Å²) in [4.78, 5) is 2.31. The van der Waals surface area contributed by atoms with Crippen molar-refractivity contribution in [2.24, 2.45) is 0 Å². The summed E-state index contributed by atoms with van der Waals surface area (Å²) in [6.07, 6.45) is 5.50. The Morgan fingerprint density at radius 2 is 2.21 bits per heavy atom. The molecule has 0 spiro atoms. The lowest BCUT2D eigenvalue weighted by atomic mass is 10.2. The van der Waals surface area contributed by atoms with Crippen LogP contribution in [0.15, 0.2) is 42.7 Å². The van der Waals surface area contributed by atoms with Gasteiger partial charge in [-0.25, -0.2) is 0 Å². The molecule has 1 aromatic carbocycles. The number of aliphatic hydroxyl groups is 1. The Morgan fingerprint density at radius 1 is 1.38 bits per heavy atom. The molecule has 2 aromatic rings. The van der Waals surface area contributed by atoms with E-state index in [4.69, 9.17) is 10.00 Å². The number of nitrogens with zero attached hydrogens (tertiary/aromatic N) is 4. The Bertz CT molecular complexity index is 663. The summed E-state index contributed by atoms with van der Waals surface area (Å²) in [7, 11) is 0. The van der Waals surface area contributed by atoms with Crippen LogP contribution >= 0.6 is 0 Å². The zero-order valence-corrected chi connectivity index (χ0v) is 13.6. The highest BCUT2D eigenvalue weighted by molar-refractivity contribution is 5.34. The van der Waals surface area contributed by atoms with Gasteiger partial charge < -0.3 is 9.84 Å². The number of rotatable bonds is 7. The Hall–Kier alpha value is -2.36. The molecule has 1 saturated heterocycles. The molecule has 0 radical (unpaired) electrons. The van der Waals surface area contributed by atoms with E-state index < -0.39 is 6.10 Å². The van der Waals surface area contributed by atoms with E-state index >= 15 is 0 Å². The fourth-order valence-corrected chi connectivity index (χ4v) is 3.11. The first-order valence-corrected chi connectivity index (χ1v) is 8.27. The number of aromatic nitrogens is 2. The van der Waals surface area contributed by atoms with Crippen LogP contribution in [0.4, 0.5) is 0 Å². The van der Waals surface area contributed by atoms with Gasteiger partial charge in [0.1, 0.15) is 18.5 Å². The standard InChI is InChI=1S/C18H22N4O2/c19-11-15-4-6-18(7-5-15)24-14-17(23)13-21-9-1-3-16(21)12-22-10-2-8-20-22/h2,4-8,10,16-17,23H,1,3,9,12-14H2. The second kappa shape index (κ2) is 7.95. The highest BCUT2D eigenvalue weighted by Crippen LogP contribution is 2.19. The molecule has 2 heterocycles. The van der Waals surface area contributed by atoms with Gasteiger partial charge in [0, 0.05) is 25.0 Å². The first kappa shape index (κ1) is 16.5. The minimum atomic E-state index is -0.543. The summed E-state index contributed by atoms with van der Waals surface area (Å²) in [6, 6.07) is 11.3. The van der Waals surface area contributed by atoms with Crippen molar-refractivity contribution in [3.05, 3.63) is 48.3 Å². The molecule has 0 aliphatic carbocycles. The highest BCUT2D eigenvalue weighted by atomic mass is 16.5. The third kappa shape index (κ3) is 4.34. The molecule has 2 unspecified atom stereocenters. The molecule has 1 fully saturated rings. The van der Waals surface area contributed by atoms with Crippen LogP contribution < -0.4 is 4.74 Å².